The Balaban J connectivity index is 1.03. The van der Waals surface area contributed by atoms with Gasteiger partial charge in [0.15, 0.2) is 0 Å². The van der Waals surface area contributed by atoms with E-state index in [1.807, 2.05) is 0 Å². The van der Waals surface area contributed by atoms with Crippen LogP contribution in [0.5, 0.6) is 0 Å². The van der Waals surface area contributed by atoms with Gasteiger partial charge in [-0.1, -0.05) is 377 Å². The molecule has 0 amide bonds. The molecule has 1 unspecified atom stereocenters. The largest absolute Gasteiger partial charge is 0.310 e. The highest BCUT2D eigenvalue weighted by molar-refractivity contribution is 7.00. The van der Waals surface area contributed by atoms with Crippen LogP contribution < -0.4 is 26.2 Å². The van der Waals surface area contributed by atoms with Crippen LogP contribution in [0.2, 0.25) is 0 Å². The van der Waals surface area contributed by atoms with Crippen LogP contribution in [0.1, 0.15) is 154 Å². The van der Waals surface area contributed by atoms with Gasteiger partial charge in [-0.15, -0.1) is 0 Å². The number of fused-ring (bicyclic) bond motifs is 8. The zero-order valence-corrected chi connectivity index (χ0v) is 67.6. The molecule has 112 heavy (non-hydrogen) atoms. The van der Waals surface area contributed by atoms with Crippen molar-refractivity contribution in [3.63, 3.8) is 0 Å². The van der Waals surface area contributed by atoms with Crippen LogP contribution >= 0.6 is 0 Å². The fourth-order valence-corrected chi connectivity index (χ4v) is 18.4. The molecule has 0 saturated heterocycles. The minimum Gasteiger partial charge on any atom is -0.310 e. The predicted molar refractivity (Wildman–Crippen MR) is 481 cm³/mol. The molecule has 3 aliphatic rings. The Labute approximate surface area is 665 Å². The van der Waals surface area contributed by atoms with Crippen LogP contribution in [0, 0.1) is 0 Å². The summed E-state index contributed by atoms with van der Waals surface area (Å²) in [6.07, 6.45) is 0. The Bertz CT molecular complexity index is 6040. The highest BCUT2D eigenvalue weighted by Crippen LogP contribution is 2.61. The van der Waals surface area contributed by atoms with E-state index in [0.717, 1.165) is 45.1 Å². The Morgan fingerprint density at radius 2 is 0.643 bits per heavy atom. The third-order valence-electron chi connectivity index (χ3n) is 24.4. The summed E-state index contributed by atoms with van der Waals surface area (Å²) in [4.78, 5) is 5.52. The fraction of sp³-hybridized carbons (Fsp3) is 0.193. The quantitative estimate of drug-likeness (QED) is 0.126. The van der Waals surface area contributed by atoms with Gasteiger partial charge < -0.3 is 9.80 Å². The summed E-state index contributed by atoms with van der Waals surface area (Å²) >= 11 is 0. The molecule has 2 aliphatic heterocycles. The second-order valence-electron chi connectivity index (χ2n) is 36.9. The molecule has 2 nitrogen and oxygen atoms in total. The van der Waals surface area contributed by atoms with Crippen LogP contribution in [0.4, 0.5) is 34.1 Å². The second-order valence-corrected chi connectivity index (χ2v) is 36.9. The van der Waals surface area contributed by atoms with E-state index < -0.39 is 5.41 Å². The first-order chi connectivity index (χ1) is 53.7. The highest BCUT2D eigenvalue weighted by Gasteiger charge is 2.50. The van der Waals surface area contributed by atoms with Crippen molar-refractivity contribution in [2.75, 3.05) is 9.80 Å². The molecule has 15 aromatic carbocycles. The molecule has 0 N–H and O–H groups in total. The van der Waals surface area contributed by atoms with Gasteiger partial charge in [-0.25, -0.2) is 0 Å². The molecule has 0 radical (unpaired) electrons. The van der Waals surface area contributed by atoms with Gasteiger partial charge in [-0.3, -0.25) is 0 Å². The van der Waals surface area contributed by atoms with Gasteiger partial charge in [0.25, 0.3) is 6.71 Å². The third kappa shape index (κ3) is 12.1. The Kier molecular flexibility index (Phi) is 17.1. The number of nitrogens with zero attached hydrogens (tertiary/aromatic N) is 2. The van der Waals surface area contributed by atoms with Crippen molar-refractivity contribution in [3.05, 3.63) is 378 Å². The fourth-order valence-electron chi connectivity index (χ4n) is 18.4. The molecular formula is C109H99BN2. The monoisotopic (exact) mass is 1450 g/mol. The van der Waals surface area contributed by atoms with E-state index in [1.54, 1.807) is 0 Å². The Morgan fingerprint density at radius 1 is 0.232 bits per heavy atom. The van der Waals surface area contributed by atoms with E-state index in [2.05, 4.69) is 441 Å². The molecule has 0 aromatic heterocycles. The molecular weight excluding hydrogens is 1350 g/mol. The van der Waals surface area contributed by atoms with E-state index in [9.17, 15) is 0 Å². The van der Waals surface area contributed by atoms with Crippen molar-refractivity contribution >= 4 is 68.0 Å². The van der Waals surface area contributed by atoms with E-state index in [4.69, 9.17) is 0 Å². The molecule has 548 valence electrons. The number of rotatable bonds is 10. The maximum Gasteiger partial charge on any atom is 0.252 e. The summed E-state index contributed by atoms with van der Waals surface area (Å²) in [6, 6.07) is 127. The van der Waals surface area contributed by atoms with Gasteiger partial charge in [0.2, 0.25) is 0 Å². The molecule has 18 rings (SSSR count). The minimum absolute atomic E-state index is 0.107. The van der Waals surface area contributed by atoms with Crippen molar-refractivity contribution in [1.82, 2.24) is 0 Å². The summed E-state index contributed by atoms with van der Waals surface area (Å²) < 4.78 is 0. The molecule has 0 spiro atoms. The van der Waals surface area contributed by atoms with E-state index in [0.29, 0.717) is 0 Å². The standard InChI is InChI=1S/C109H99BN2/c1-104(2,3)81-59-78(60-82(63-81)105(4,5)6)76-54-57-96-95(61-76)110-94-56-53-77(86-49-35-50-88-87-48-33-34-51-93(87)109(100(86)88,79-46-29-20-30-47-79)80-55-52-70-36-31-32-45-75(70)58-80)62-97(94)112(103-91(73-41-25-18-26-42-73)66-84(107(10,11)12)67-92(103)74-43-27-19-28-44-74)99-69-85(108(13,14)15)68-98(101(99)110)111(96)102-89(71-37-21-16-22-38-71)64-83(106(7,8)9)65-90(102)72-39-23-17-24-40-72/h16-69H,1-15H3. The highest BCUT2D eigenvalue weighted by atomic mass is 15.2. The average molecular weight is 1450 g/mol. The zero-order chi connectivity index (χ0) is 77.5. The SMILES string of the molecule is CC(C)(C)c1cc(-c2ccc3c(c2)B2c4ccc(-c5cccc6c5C(c5ccccc5)(c5ccc7ccccc7c5)c5ccccc5-6)cc4N(c4c(-c5ccccc5)cc(C(C)(C)C)cc4-c4ccccc4)c4cc(C(C)(C)C)cc(c42)N3c2c(-c3ccccc3)cc(C(C)(C)C)cc2-c2ccccc2)cc(C(C)(C)C)c1. The topological polar surface area (TPSA) is 6.48 Å². The summed E-state index contributed by atoms with van der Waals surface area (Å²) in [6.45, 7) is 35.4. The molecule has 3 heteroatoms. The number of hydrogen-bond donors (Lipinski definition) is 0. The Hall–Kier alpha value is -11.8. The first-order valence-electron chi connectivity index (χ1n) is 40.3. The molecule has 1 atom stereocenters. The van der Waals surface area contributed by atoms with Gasteiger partial charge in [-0.05, 0) is 215 Å². The van der Waals surface area contributed by atoms with Gasteiger partial charge in [-0.2, -0.15) is 0 Å². The molecule has 15 aromatic rings. The van der Waals surface area contributed by atoms with Crippen molar-refractivity contribution in [1.29, 1.82) is 0 Å². The van der Waals surface area contributed by atoms with Crippen LogP contribution in [0.15, 0.2) is 328 Å². The lowest BCUT2D eigenvalue weighted by Gasteiger charge is -2.47. The maximum atomic E-state index is 2.78. The van der Waals surface area contributed by atoms with E-state index in [-0.39, 0.29) is 33.8 Å². The minimum atomic E-state index is -0.710. The summed E-state index contributed by atoms with van der Waals surface area (Å²) in [5.74, 6) is 0. The lowest BCUT2D eigenvalue weighted by Crippen LogP contribution is -2.61. The second kappa shape index (κ2) is 26.7. The smallest absolute Gasteiger partial charge is 0.252 e. The molecule has 0 saturated carbocycles. The van der Waals surface area contributed by atoms with Crippen LogP contribution in [-0.2, 0) is 32.5 Å². The Morgan fingerprint density at radius 3 is 1.14 bits per heavy atom. The van der Waals surface area contributed by atoms with E-state index >= 15 is 0 Å². The average Bonchev–Trinajstić information content (AvgIpc) is 1.61. The number of benzene rings is 15. The first kappa shape index (κ1) is 71.8. The number of hydrogen-bond acceptors (Lipinski definition) is 2. The van der Waals surface area contributed by atoms with Crippen molar-refractivity contribution in [2.24, 2.45) is 0 Å². The van der Waals surface area contributed by atoms with Crippen LogP contribution in [0.25, 0.3) is 88.7 Å². The van der Waals surface area contributed by atoms with Crippen molar-refractivity contribution in [2.45, 2.75) is 136 Å². The molecule has 1 aliphatic carbocycles. The van der Waals surface area contributed by atoms with Gasteiger partial charge in [0, 0.05) is 45.0 Å². The van der Waals surface area contributed by atoms with E-state index in [1.165, 1.54) is 144 Å². The summed E-state index contributed by atoms with van der Waals surface area (Å²) in [5, 5.41) is 2.44. The van der Waals surface area contributed by atoms with Crippen LogP contribution in [0.3, 0.4) is 0 Å². The van der Waals surface area contributed by atoms with Gasteiger partial charge >= 0.3 is 0 Å². The lowest BCUT2D eigenvalue weighted by molar-refractivity contribution is 0.569. The third-order valence-corrected chi connectivity index (χ3v) is 24.4. The van der Waals surface area contributed by atoms with Crippen LogP contribution in [-0.4, -0.2) is 6.71 Å². The number of anilines is 6. The van der Waals surface area contributed by atoms with Crippen molar-refractivity contribution < 1.29 is 0 Å². The molecule has 0 bridgehead atoms. The molecule has 0 fully saturated rings. The normalized spacial score (nSPS) is 14.5. The lowest BCUT2D eigenvalue weighted by atomic mass is 9.33. The van der Waals surface area contributed by atoms with Gasteiger partial charge in [0.1, 0.15) is 0 Å². The summed E-state index contributed by atoms with van der Waals surface area (Å²) in [7, 11) is 0. The zero-order valence-electron chi connectivity index (χ0n) is 67.6. The first-order valence-corrected chi connectivity index (χ1v) is 40.3. The van der Waals surface area contributed by atoms with Gasteiger partial charge in [0.05, 0.1) is 16.8 Å². The predicted octanol–water partition coefficient (Wildman–Crippen LogP) is 27.8. The molecule has 2 heterocycles. The summed E-state index contributed by atoms with van der Waals surface area (Å²) in [5.41, 5.74) is 37.2. The van der Waals surface area contributed by atoms with Crippen molar-refractivity contribution in [3.8, 4) is 77.9 Å². The maximum absolute atomic E-state index is 2.78.